The van der Waals surface area contributed by atoms with E-state index in [1.807, 2.05) is 0 Å². The number of ketones is 2. The first kappa shape index (κ1) is 21.4. The maximum Gasteiger partial charge on any atom is 0.241 e. The first-order valence-electron chi connectivity index (χ1n) is 10.6. The number of halogens is 2. The lowest BCUT2D eigenvalue weighted by Gasteiger charge is -2.27. The molecule has 0 saturated carbocycles. The molecule has 6 rings (SSSR count). The Morgan fingerprint density at radius 1 is 0.794 bits per heavy atom. The standard InChI is InChI=1S/C26H15BrClNO5/c27-18-8-4-3-7-17(18)21-19-20(25(33)29(24(19)32)14-11-9-13(28)10-12-14)26(34-21)22(30)15-5-1-2-6-16(15)23(26)31/h1-12,19-21H/t19-,20-,21-/m1/s1. The van der Waals surface area contributed by atoms with Crippen molar-refractivity contribution < 1.29 is 23.9 Å². The molecule has 1 spiro atoms. The van der Waals surface area contributed by atoms with Gasteiger partial charge < -0.3 is 4.74 Å². The number of rotatable bonds is 2. The average Bonchev–Trinajstić information content (AvgIpc) is 3.40. The summed E-state index contributed by atoms with van der Waals surface area (Å²) in [4.78, 5) is 56.1. The summed E-state index contributed by atoms with van der Waals surface area (Å²) in [6.45, 7) is 0. The van der Waals surface area contributed by atoms with Crippen LogP contribution in [0.2, 0.25) is 5.02 Å². The van der Waals surface area contributed by atoms with Crippen molar-refractivity contribution in [1.82, 2.24) is 0 Å². The minimum absolute atomic E-state index is 0.198. The van der Waals surface area contributed by atoms with Gasteiger partial charge >= 0.3 is 0 Å². The predicted molar refractivity (Wildman–Crippen MR) is 127 cm³/mol. The van der Waals surface area contributed by atoms with Crippen molar-refractivity contribution >= 4 is 56.6 Å². The molecule has 0 bridgehead atoms. The first-order valence-corrected chi connectivity index (χ1v) is 11.8. The molecule has 2 aliphatic heterocycles. The Hall–Kier alpha value is -3.13. The van der Waals surface area contributed by atoms with Crippen LogP contribution >= 0.6 is 27.5 Å². The summed E-state index contributed by atoms with van der Waals surface area (Å²) in [7, 11) is 0. The number of carbonyl (C=O) groups is 4. The number of anilines is 1. The SMILES string of the molecule is O=C1[C@H]2[C@@H](c3ccccc3Br)OC3(C(=O)c4ccccc4C3=O)[C@H]2C(=O)N1c1ccc(Cl)cc1. The van der Waals surface area contributed by atoms with Crippen LogP contribution in [0.4, 0.5) is 5.69 Å². The number of Topliss-reactive ketones (excluding diaryl/α,β-unsaturated/α-hetero) is 2. The molecule has 34 heavy (non-hydrogen) atoms. The minimum atomic E-state index is -2.10. The number of benzene rings is 3. The first-order chi connectivity index (χ1) is 16.4. The molecule has 0 radical (unpaired) electrons. The molecule has 8 heteroatoms. The van der Waals surface area contributed by atoms with E-state index < -0.39 is 46.9 Å². The highest BCUT2D eigenvalue weighted by Crippen LogP contribution is 2.58. The van der Waals surface area contributed by atoms with Crippen LogP contribution < -0.4 is 4.90 Å². The van der Waals surface area contributed by atoms with E-state index in [9.17, 15) is 19.2 Å². The van der Waals surface area contributed by atoms with Crippen LogP contribution in [0.3, 0.4) is 0 Å². The molecule has 3 aliphatic rings. The Labute approximate surface area is 207 Å². The number of carbonyl (C=O) groups excluding carboxylic acids is 4. The van der Waals surface area contributed by atoms with E-state index >= 15 is 0 Å². The van der Waals surface area contributed by atoms with Gasteiger partial charge in [0.1, 0.15) is 0 Å². The van der Waals surface area contributed by atoms with Gasteiger partial charge in [0, 0.05) is 20.6 Å². The highest BCUT2D eigenvalue weighted by molar-refractivity contribution is 9.10. The van der Waals surface area contributed by atoms with Gasteiger partial charge in [0.15, 0.2) is 0 Å². The zero-order chi connectivity index (χ0) is 23.8. The predicted octanol–water partition coefficient (Wildman–Crippen LogP) is 4.80. The molecule has 2 saturated heterocycles. The Bertz CT molecular complexity index is 1380. The van der Waals surface area contributed by atoms with E-state index in [1.165, 1.54) is 0 Å². The van der Waals surface area contributed by atoms with Crippen LogP contribution in [0.15, 0.2) is 77.3 Å². The Kier molecular flexibility index (Phi) is 4.68. The number of hydrogen-bond donors (Lipinski definition) is 0. The third-order valence-corrected chi connectivity index (χ3v) is 7.79. The molecule has 3 aromatic carbocycles. The van der Waals surface area contributed by atoms with Crippen LogP contribution in [-0.2, 0) is 14.3 Å². The second-order valence-electron chi connectivity index (χ2n) is 8.49. The van der Waals surface area contributed by atoms with E-state index in [0.717, 1.165) is 4.90 Å². The summed E-state index contributed by atoms with van der Waals surface area (Å²) in [6.07, 6.45) is -0.975. The van der Waals surface area contributed by atoms with Gasteiger partial charge in [-0.15, -0.1) is 0 Å². The zero-order valence-corrected chi connectivity index (χ0v) is 19.7. The summed E-state index contributed by atoms with van der Waals surface area (Å²) >= 11 is 9.48. The fraction of sp³-hybridized carbons (Fsp3) is 0.154. The highest BCUT2D eigenvalue weighted by atomic mass is 79.9. The number of fused-ring (bicyclic) bond motifs is 3. The zero-order valence-electron chi connectivity index (χ0n) is 17.4. The Morgan fingerprint density at radius 3 is 2.00 bits per heavy atom. The highest BCUT2D eigenvalue weighted by Gasteiger charge is 2.74. The number of nitrogens with zero attached hydrogens (tertiary/aromatic N) is 1. The largest absolute Gasteiger partial charge is 0.349 e. The number of imide groups is 1. The molecule has 6 nitrogen and oxygen atoms in total. The lowest BCUT2D eigenvalue weighted by molar-refractivity contribution is -0.127. The molecule has 168 valence electrons. The van der Waals surface area contributed by atoms with Crippen molar-refractivity contribution in [3.8, 4) is 0 Å². The molecule has 0 aromatic heterocycles. The van der Waals surface area contributed by atoms with Gasteiger partial charge in [0.25, 0.3) is 0 Å². The molecule has 1 aliphatic carbocycles. The van der Waals surface area contributed by atoms with Crippen LogP contribution in [0.25, 0.3) is 0 Å². The van der Waals surface area contributed by atoms with Gasteiger partial charge in [0.2, 0.25) is 29.0 Å². The van der Waals surface area contributed by atoms with Crippen LogP contribution in [-0.4, -0.2) is 29.0 Å². The number of ether oxygens (including phenoxy) is 1. The molecule has 3 atom stereocenters. The molecule has 0 N–H and O–H groups in total. The fourth-order valence-corrected chi connectivity index (χ4v) is 5.99. The molecule has 3 aromatic rings. The average molecular weight is 537 g/mol. The van der Waals surface area contributed by atoms with E-state index in [1.54, 1.807) is 72.8 Å². The molecule has 2 amide bonds. The molecular formula is C26H15BrClNO5. The third kappa shape index (κ3) is 2.66. The Morgan fingerprint density at radius 2 is 1.38 bits per heavy atom. The topological polar surface area (TPSA) is 80.8 Å². The summed E-state index contributed by atoms with van der Waals surface area (Å²) in [5, 5.41) is 0.450. The third-order valence-electron chi connectivity index (χ3n) is 6.82. The van der Waals surface area contributed by atoms with E-state index in [4.69, 9.17) is 16.3 Å². The van der Waals surface area contributed by atoms with E-state index in [-0.39, 0.29) is 11.1 Å². The summed E-state index contributed by atoms with van der Waals surface area (Å²) < 4.78 is 6.93. The smallest absolute Gasteiger partial charge is 0.241 e. The van der Waals surface area contributed by atoms with Crippen LogP contribution in [0, 0.1) is 11.8 Å². The van der Waals surface area contributed by atoms with Gasteiger partial charge in [-0.05, 0) is 35.9 Å². The van der Waals surface area contributed by atoms with Crippen molar-refractivity contribution in [3.05, 3.63) is 99.0 Å². The van der Waals surface area contributed by atoms with Crippen molar-refractivity contribution in [2.45, 2.75) is 11.7 Å². The molecular weight excluding hydrogens is 522 g/mol. The number of hydrogen-bond acceptors (Lipinski definition) is 5. The summed E-state index contributed by atoms with van der Waals surface area (Å²) in [6, 6.07) is 19.8. The van der Waals surface area contributed by atoms with Gasteiger partial charge in [-0.1, -0.05) is 70.0 Å². The van der Waals surface area contributed by atoms with Gasteiger partial charge in [-0.25, -0.2) is 4.90 Å². The van der Waals surface area contributed by atoms with Crippen molar-refractivity contribution in [2.24, 2.45) is 11.8 Å². The van der Waals surface area contributed by atoms with Crippen LogP contribution in [0.5, 0.6) is 0 Å². The normalized spacial score (nSPS) is 24.8. The fourth-order valence-electron chi connectivity index (χ4n) is 5.35. The Balaban J connectivity index is 1.56. The van der Waals surface area contributed by atoms with E-state index in [0.29, 0.717) is 20.7 Å². The second-order valence-corrected chi connectivity index (χ2v) is 9.78. The molecule has 2 fully saturated rings. The van der Waals surface area contributed by atoms with Gasteiger partial charge in [-0.3, -0.25) is 19.2 Å². The van der Waals surface area contributed by atoms with Crippen molar-refractivity contribution in [1.29, 1.82) is 0 Å². The lowest BCUT2D eigenvalue weighted by atomic mass is 9.77. The minimum Gasteiger partial charge on any atom is -0.349 e. The lowest BCUT2D eigenvalue weighted by Crippen LogP contribution is -2.51. The quantitative estimate of drug-likeness (QED) is 0.347. The maximum atomic E-state index is 13.8. The second kappa shape index (κ2) is 7.43. The van der Waals surface area contributed by atoms with E-state index in [2.05, 4.69) is 15.9 Å². The molecule has 2 heterocycles. The van der Waals surface area contributed by atoms with Crippen LogP contribution in [0.1, 0.15) is 32.4 Å². The van der Waals surface area contributed by atoms with Crippen molar-refractivity contribution in [3.63, 3.8) is 0 Å². The molecule has 0 unspecified atom stereocenters. The maximum absolute atomic E-state index is 13.8. The van der Waals surface area contributed by atoms with Crippen molar-refractivity contribution in [2.75, 3.05) is 4.90 Å². The number of amides is 2. The van der Waals surface area contributed by atoms with Gasteiger partial charge in [-0.2, -0.15) is 0 Å². The summed E-state index contributed by atoms with van der Waals surface area (Å²) in [5.41, 5.74) is -0.786. The van der Waals surface area contributed by atoms with Gasteiger partial charge in [0.05, 0.1) is 23.6 Å². The summed E-state index contributed by atoms with van der Waals surface area (Å²) in [5.74, 6) is -4.68. The monoisotopic (exact) mass is 535 g/mol.